The van der Waals surface area contributed by atoms with Gasteiger partial charge in [0.25, 0.3) is 0 Å². The van der Waals surface area contributed by atoms with Crippen LogP contribution in [0.25, 0.3) is 5.69 Å². The Balaban J connectivity index is 2.02. The summed E-state index contributed by atoms with van der Waals surface area (Å²) in [6.07, 6.45) is 3.64. The fraction of sp³-hybridized carbons (Fsp3) is 0.357. The number of nitrogens with one attached hydrogen (secondary N) is 1. The van der Waals surface area contributed by atoms with Gasteiger partial charge in [0.15, 0.2) is 0 Å². The molecule has 3 nitrogen and oxygen atoms in total. The average Bonchev–Trinajstić information content (AvgIpc) is 2.76. The van der Waals surface area contributed by atoms with E-state index in [1.54, 1.807) is 12.3 Å². The molecule has 4 heteroatoms. The highest BCUT2D eigenvalue weighted by atomic mass is 19.1. The molecule has 1 aromatic heterocycles. The molecule has 0 radical (unpaired) electrons. The largest absolute Gasteiger partial charge is 0.306 e. The first-order valence-electron chi connectivity index (χ1n) is 6.10. The summed E-state index contributed by atoms with van der Waals surface area (Å²) in [5.41, 5.74) is 1.00. The summed E-state index contributed by atoms with van der Waals surface area (Å²) in [7, 11) is 0. The van der Waals surface area contributed by atoms with Crippen LogP contribution in [-0.4, -0.2) is 16.1 Å². The molecule has 2 aromatic rings. The van der Waals surface area contributed by atoms with Crippen LogP contribution in [0.1, 0.15) is 25.7 Å². The second kappa shape index (κ2) is 3.92. The van der Waals surface area contributed by atoms with Crippen molar-refractivity contribution in [2.75, 3.05) is 6.54 Å². The maximum atomic E-state index is 13.3. The van der Waals surface area contributed by atoms with Gasteiger partial charge in [-0.25, -0.2) is 9.37 Å². The van der Waals surface area contributed by atoms with Crippen molar-refractivity contribution in [1.29, 1.82) is 0 Å². The van der Waals surface area contributed by atoms with Gasteiger partial charge < -0.3 is 9.88 Å². The Morgan fingerprint density at radius 2 is 2.28 bits per heavy atom. The Morgan fingerprint density at radius 1 is 1.44 bits per heavy atom. The van der Waals surface area contributed by atoms with Crippen LogP contribution in [0.15, 0.2) is 36.7 Å². The number of nitrogens with zero attached hydrogens (tertiary/aromatic N) is 2. The smallest absolute Gasteiger partial charge is 0.131 e. The average molecular weight is 245 g/mol. The molecule has 1 unspecified atom stereocenters. The third-order valence-electron chi connectivity index (χ3n) is 3.56. The van der Waals surface area contributed by atoms with Crippen molar-refractivity contribution in [3.63, 3.8) is 0 Å². The molecular formula is C14H16FN3. The van der Waals surface area contributed by atoms with Gasteiger partial charge >= 0.3 is 0 Å². The molecule has 2 heterocycles. The van der Waals surface area contributed by atoms with Crippen molar-refractivity contribution in [2.45, 2.75) is 19.9 Å². The van der Waals surface area contributed by atoms with Crippen LogP contribution in [0.4, 0.5) is 4.39 Å². The predicted octanol–water partition coefficient (Wildman–Crippen LogP) is 2.68. The number of hydrogen-bond acceptors (Lipinski definition) is 2. The SMILES string of the molecule is CC1(C)CNC1c1nccn1-c1cccc(F)c1. The van der Waals surface area contributed by atoms with Gasteiger partial charge in [0.2, 0.25) is 0 Å². The lowest BCUT2D eigenvalue weighted by Crippen LogP contribution is -2.53. The first-order chi connectivity index (χ1) is 8.58. The third-order valence-corrected chi connectivity index (χ3v) is 3.56. The number of benzene rings is 1. The molecule has 94 valence electrons. The van der Waals surface area contributed by atoms with Crippen LogP contribution in [0, 0.1) is 11.2 Å². The fourth-order valence-corrected chi connectivity index (χ4v) is 2.43. The minimum atomic E-state index is -0.229. The van der Waals surface area contributed by atoms with E-state index in [0.717, 1.165) is 18.1 Å². The molecule has 0 aliphatic carbocycles. The zero-order valence-corrected chi connectivity index (χ0v) is 10.5. The van der Waals surface area contributed by atoms with E-state index in [9.17, 15) is 4.39 Å². The molecular weight excluding hydrogens is 229 g/mol. The lowest BCUT2D eigenvalue weighted by atomic mass is 9.77. The Kier molecular flexibility index (Phi) is 2.48. The van der Waals surface area contributed by atoms with Gasteiger partial charge in [-0.15, -0.1) is 0 Å². The highest BCUT2D eigenvalue weighted by Gasteiger charge is 2.41. The third kappa shape index (κ3) is 1.73. The van der Waals surface area contributed by atoms with E-state index in [1.807, 2.05) is 16.8 Å². The topological polar surface area (TPSA) is 29.9 Å². The summed E-state index contributed by atoms with van der Waals surface area (Å²) < 4.78 is 15.2. The zero-order valence-electron chi connectivity index (χ0n) is 10.5. The molecule has 0 spiro atoms. The fourth-order valence-electron chi connectivity index (χ4n) is 2.43. The molecule has 3 rings (SSSR count). The van der Waals surface area contributed by atoms with Gasteiger partial charge in [-0.3, -0.25) is 0 Å². The minimum absolute atomic E-state index is 0.191. The van der Waals surface area contributed by atoms with Crippen LogP contribution in [-0.2, 0) is 0 Å². The number of aromatic nitrogens is 2. The molecule has 1 saturated heterocycles. The van der Waals surface area contributed by atoms with E-state index in [-0.39, 0.29) is 17.3 Å². The molecule has 1 fully saturated rings. The number of hydrogen-bond donors (Lipinski definition) is 1. The van der Waals surface area contributed by atoms with E-state index in [0.29, 0.717) is 0 Å². The summed E-state index contributed by atoms with van der Waals surface area (Å²) in [6, 6.07) is 6.80. The Bertz CT molecular complexity index is 574. The van der Waals surface area contributed by atoms with Crippen molar-refractivity contribution >= 4 is 0 Å². The van der Waals surface area contributed by atoms with Crippen LogP contribution < -0.4 is 5.32 Å². The van der Waals surface area contributed by atoms with Crippen LogP contribution in [0.5, 0.6) is 0 Å². The molecule has 1 atom stereocenters. The number of rotatable bonds is 2. The monoisotopic (exact) mass is 245 g/mol. The van der Waals surface area contributed by atoms with E-state index in [1.165, 1.54) is 12.1 Å². The first kappa shape index (κ1) is 11.4. The van der Waals surface area contributed by atoms with Crippen molar-refractivity contribution in [1.82, 2.24) is 14.9 Å². The lowest BCUT2D eigenvalue weighted by Gasteiger charge is -2.45. The molecule has 0 saturated carbocycles. The molecule has 0 amide bonds. The van der Waals surface area contributed by atoms with Gasteiger partial charge in [-0.05, 0) is 23.6 Å². The van der Waals surface area contributed by atoms with Gasteiger partial charge in [-0.2, -0.15) is 0 Å². The van der Waals surface area contributed by atoms with Crippen molar-refractivity contribution in [3.05, 3.63) is 48.3 Å². The highest BCUT2D eigenvalue weighted by molar-refractivity contribution is 5.34. The lowest BCUT2D eigenvalue weighted by molar-refractivity contribution is 0.119. The van der Waals surface area contributed by atoms with Gasteiger partial charge in [0.1, 0.15) is 11.6 Å². The van der Waals surface area contributed by atoms with Gasteiger partial charge in [-0.1, -0.05) is 19.9 Å². The summed E-state index contributed by atoms with van der Waals surface area (Å²) in [6.45, 7) is 5.39. The van der Waals surface area contributed by atoms with Crippen molar-refractivity contribution in [2.24, 2.45) is 5.41 Å². The summed E-state index contributed by atoms with van der Waals surface area (Å²) >= 11 is 0. The predicted molar refractivity (Wildman–Crippen MR) is 68.0 cm³/mol. The zero-order chi connectivity index (χ0) is 12.8. The normalized spacial score (nSPS) is 21.6. The second-order valence-corrected chi connectivity index (χ2v) is 5.44. The summed E-state index contributed by atoms with van der Waals surface area (Å²) in [5.74, 6) is 0.713. The van der Waals surface area contributed by atoms with Crippen LogP contribution in [0.2, 0.25) is 0 Å². The molecule has 18 heavy (non-hydrogen) atoms. The van der Waals surface area contributed by atoms with Crippen LogP contribution >= 0.6 is 0 Å². The minimum Gasteiger partial charge on any atom is -0.306 e. The van der Waals surface area contributed by atoms with Gasteiger partial charge in [0.05, 0.1) is 6.04 Å². The first-order valence-corrected chi connectivity index (χ1v) is 6.10. The van der Waals surface area contributed by atoms with E-state index < -0.39 is 0 Å². The molecule has 1 aromatic carbocycles. The second-order valence-electron chi connectivity index (χ2n) is 5.44. The molecule has 0 bridgehead atoms. The van der Waals surface area contributed by atoms with Gasteiger partial charge in [0, 0.05) is 24.6 Å². The van der Waals surface area contributed by atoms with E-state index in [4.69, 9.17) is 0 Å². The highest BCUT2D eigenvalue weighted by Crippen LogP contribution is 2.39. The van der Waals surface area contributed by atoms with Crippen molar-refractivity contribution < 1.29 is 4.39 Å². The Hall–Kier alpha value is -1.68. The van der Waals surface area contributed by atoms with Crippen molar-refractivity contribution in [3.8, 4) is 5.69 Å². The number of halogens is 1. The maximum absolute atomic E-state index is 13.3. The van der Waals surface area contributed by atoms with Crippen LogP contribution in [0.3, 0.4) is 0 Å². The molecule has 1 N–H and O–H groups in total. The Morgan fingerprint density at radius 3 is 2.89 bits per heavy atom. The summed E-state index contributed by atoms with van der Waals surface area (Å²) in [4.78, 5) is 4.42. The summed E-state index contributed by atoms with van der Waals surface area (Å²) in [5, 5.41) is 3.39. The van der Waals surface area contributed by atoms with E-state index >= 15 is 0 Å². The maximum Gasteiger partial charge on any atom is 0.131 e. The Labute approximate surface area is 106 Å². The molecule has 1 aliphatic heterocycles. The molecule has 1 aliphatic rings. The van der Waals surface area contributed by atoms with E-state index in [2.05, 4.69) is 24.1 Å². The number of imidazole rings is 1. The quantitative estimate of drug-likeness (QED) is 0.881. The standard InChI is InChI=1S/C14H16FN3/c1-14(2)9-17-12(14)13-16-6-7-18(13)11-5-3-4-10(15)8-11/h3-8,12,17H,9H2,1-2H3.